The molecular formula is C13H6Cl4FNO. The Hall–Kier alpha value is -1.00. The maximum absolute atomic E-state index is 13.6. The molecule has 20 heavy (non-hydrogen) atoms. The van der Waals surface area contributed by atoms with Crippen LogP contribution >= 0.6 is 46.4 Å². The van der Waals surface area contributed by atoms with E-state index in [-0.39, 0.29) is 31.3 Å². The van der Waals surface area contributed by atoms with E-state index in [0.29, 0.717) is 0 Å². The Morgan fingerprint density at radius 3 is 2.25 bits per heavy atom. The SMILES string of the molecule is O=C(Nc1cc(Cl)c(Cl)cc1Cl)c1c(F)cccc1Cl. The van der Waals surface area contributed by atoms with Gasteiger partial charge in [-0.05, 0) is 24.3 Å². The lowest BCUT2D eigenvalue weighted by Gasteiger charge is -2.10. The van der Waals surface area contributed by atoms with Crippen LogP contribution in [0.4, 0.5) is 10.1 Å². The summed E-state index contributed by atoms with van der Waals surface area (Å²) in [7, 11) is 0. The fourth-order valence-electron chi connectivity index (χ4n) is 1.52. The van der Waals surface area contributed by atoms with E-state index in [0.717, 1.165) is 6.07 Å². The van der Waals surface area contributed by atoms with Gasteiger partial charge in [0.15, 0.2) is 0 Å². The van der Waals surface area contributed by atoms with Crippen molar-refractivity contribution in [3.63, 3.8) is 0 Å². The highest BCUT2D eigenvalue weighted by atomic mass is 35.5. The first-order chi connectivity index (χ1) is 9.40. The number of hydrogen-bond acceptors (Lipinski definition) is 1. The molecule has 0 aliphatic carbocycles. The highest BCUT2D eigenvalue weighted by Crippen LogP contribution is 2.33. The molecule has 1 amide bonds. The molecule has 0 unspecified atom stereocenters. The standard InChI is InChI=1S/C13H6Cl4FNO/c14-6-2-1-3-10(18)12(6)13(20)19-11-5-8(16)7(15)4-9(11)17/h1-5H,(H,19,20). The van der Waals surface area contributed by atoms with Crippen LogP contribution in [-0.4, -0.2) is 5.91 Å². The number of rotatable bonds is 2. The van der Waals surface area contributed by atoms with Gasteiger partial charge in [0.05, 0.1) is 31.3 Å². The highest BCUT2D eigenvalue weighted by molar-refractivity contribution is 6.44. The highest BCUT2D eigenvalue weighted by Gasteiger charge is 2.17. The molecule has 2 rings (SSSR count). The molecule has 0 radical (unpaired) electrons. The van der Waals surface area contributed by atoms with E-state index >= 15 is 0 Å². The molecule has 2 aromatic carbocycles. The van der Waals surface area contributed by atoms with Crippen molar-refractivity contribution in [1.29, 1.82) is 0 Å². The van der Waals surface area contributed by atoms with E-state index in [1.807, 2.05) is 0 Å². The van der Waals surface area contributed by atoms with Gasteiger partial charge in [-0.25, -0.2) is 4.39 Å². The Balaban J connectivity index is 2.35. The summed E-state index contributed by atoms with van der Waals surface area (Å²) in [5, 5.41) is 3.08. The fourth-order valence-corrected chi connectivity index (χ4v) is 2.36. The zero-order chi connectivity index (χ0) is 14.9. The molecule has 0 saturated heterocycles. The van der Waals surface area contributed by atoms with Crippen LogP contribution in [0.2, 0.25) is 20.1 Å². The first-order valence-corrected chi connectivity index (χ1v) is 6.81. The minimum atomic E-state index is -0.730. The van der Waals surface area contributed by atoms with Gasteiger partial charge in [0.25, 0.3) is 5.91 Å². The van der Waals surface area contributed by atoms with Crippen molar-refractivity contribution < 1.29 is 9.18 Å². The Morgan fingerprint density at radius 1 is 0.950 bits per heavy atom. The van der Waals surface area contributed by atoms with Crippen molar-refractivity contribution in [3.05, 3.63) is 61.8 Å². The molecule has 104 valence electrons. The van der Waals surface area contributed by atoms with Crippen LogP contribution < -0.4 is 5.32 Å². The molecule has 7 heteroatoms. The second-order valence-electron chi connectivity index (χ2n) is 3.80. The number of halogens is 5. The molecule has 0 saturated carbocycles. The summed E-state index contributed by atoms with van der Waals surface area (Å²) in [4.78, 5) is 12.0. The van der Waals surface area contributed by atoms with E-state index in [4.69, 9.17) is 46.4 Å². The second-order valence-corrected chi connectivity index (χ2v) is 5.43. The van der Waals surface area contributed by atoms with Gasteiger partial charge in [-0.3, -0.25) is 4.79 Å². The minimum absolute atomic E-state index is 0.00122. The van der Waals surface area contributed by atoms with E-state index in [9.17, 15) is 9.18 Å². The minimum Gasteiger partial charge on any atom is -0.320 e. The smallest absolute Gasteiger partial charge is 0.260 e. The zero-order valence-electron chi connectivity index (χ0n) is 9.68. The molecule has 0 bridgehead atoms. The third-order valence-electron chi connectivity index (χ3n) is 2.45. The average molecular weight is 353 g/mol. The third kappa shape index (κ3) is 3.18. The van der Waals surface area contributed by atoms with Gasteiger partial charge in [0.2, 0.25) is 0 Å². The molecule has 0 aliphatic rings. The summed E-state index contributed by atoms with van der Waals surface area (Å²) in [5.41, 5.74) is -0.0540. The maximum Gasteiger partial charge on any atom is 0.260 e. The number of nitrogens with one attached hydrogen (secondary N) is 1. The number of hydrogen-bond donors (Lipinski definition) is 1. The summed E-state index contributed by atoms with van der Waals surface area (Å²) < 4.78 is 13.6. The van der Waals surface area contributed by atoms with Gasteiger partial charge >= 0.3 is 0 Å². The van der Waals surface area contributed by atoms with Crippen molar-refractivity contribution >= 4 is 58.0 Å². The monoisotopic (exact) mass is 351 g/mol. The van der Waals surface area contributed by atoms with Crippen LogP contribution in [0.5, 0.6) is 0 Å². The van der Waals surface area contributed by atoms with Gasteiger partial charge in [-0.15, -0.1) is 0 Å². The third-order valence-corrected chi connectivity index (χ3v) is 3.80. The summed E-state index contributed by atoms with van der Waals surface area (Å²) in [6.45, 7) is 0. The topological polar surface area (TPSA) is 29.1 Å². The molecule has 0 atom stereocenters. The van der Waals surface area contributed by atoms with E-state index in [1.165, 1.54) is 24.3 Å². The average Bonchev–Trinajstić information content (AvgIpc) is 2.35. The Labute approximate surface area is 134 Å². The quantitative estimate of drug-likeness (QED) is 0.691. The fraction of sp³-hybridized carbons (Fsp3) is 0. The molecule has 2 nitrogen and oxygen atoms in total. The van der Waals surface area contributed by atoms with Crippen molar-refractivity contribution in [2.75, 3.05) is 5.32 Å². The summed E-state index contributed by atoms with van der Waals surface area (Å²) in [6, 6.07) is 6.71. The van der Waals surface area contributed by atoms with Crippen molar-refractivity contribution in [1.82, 2.24) is 0 Å². The van der Waals surface area contributed by atoms with Crippen molar-refractivity contribution in [2.45, 2.75) is 0 Å². The van der Waals surface area contributed by atoms with Crippen LogP contribution in [0.15, 0.2) is 30.3 Å². The molecule has 0 heterocycles. The molecule has 0 aliphatic heterocycles. The first kappa shape index (κ1) is 15.4. The van der Waals surface area contributed by atoms with Gasteiger partial charge in [-0.1, -0.05) is 52.5 Å². The van der Waals surface area contributed by atoms with E-state index < -0.39 is 11.7 Å². The maximum atomic E-state index is 13.6. The molecule has 0 aromatic heterocycles. The molecule has 0 fully saturated rings. The van der Waals surface area contributed by atoms with Crippen LogP contribution in [0.1, 0.15) is 10.4 Å². The largest absolute Gasteiger partial charge is 0.320 e. The second kappa shape index (κ2) is 6.19. The lowest BCUT2D eigenvalue weighted by molar-refractivity contribution is 0.102. The van der Waals surface area contributed by atoms with Crippen molar-refractivity contribution in [3.8, 4) is 0 Å². The molecule has 2 aromatic rings. The summed E-state index contributed by atoms with van der Waals surface area (Å²) >= 11 is 23.3. The number of anilines is 1. The normalized spacial score (nSPS) is 10.4. The number of carbonyl (C=O) groups is 1. The van der Waals surface area contributed by atoms with E-state index in [1.54, 1.807) is 0 Å². The van der Waals surface area contributed by atoms with Gasteiger partial charge in [-0.2, -0.15) is 0 Å². The Morgan fingerprint density at radius 2 is 1.60 bits per heavy atom. The first-order valence-electron chi connectivity index (χ1n) is 5.30. The van der Waals surface area contributed by atoms with Crippen LogP contribution in [0, 0.1) is 5.82 Å². The molecule has 0 spiro atoms. The molecular weight excluding hydrogens is 347 g/mol. The predicted molar refractivity (Wildman–Crippen MR) is 80.8 cm³/mol. The number of benzene rings is 2. The van der Waals surface area contributed by atoms with Gasteiger partial charge in [0, 0.05) is 0 Å². The Kier molecular flexibility index (Phi) is 4.76. The number of amides is 1. The lowest BCUT2D eigenvalue weighted by atomic mass is 10.2. The summed E-state index contributed by atoms with van der Waals surface area (Å²) in [6.07, 6.45) is 0. The number of carbonyl (C=O) groups excluding carboxylic acids is 1. The van der Waals surface area contributed by atoms with Crippen LogP contribution in [-0.2, 0) is 0 Å². The van der Waals surface area contributed by atoms with Gasteiger partial charge in [0.1, 0.15) is 5.82 Å². The predicted octanol–water partition coefficient (Wildman–Crippen LogP) is 5.69. The molecule has 1 N–H and O–H groups in total. The summed E-state index contributed by atoms with van der Waals surface area (Å²) in [5.74, 6) is -1.46. The van der Waals surface area contributed by atoms with E-state index in [2.05, 4.69) is 5.32 Å². The van der Waals surface area contributed by atoms with Crippen molar-refractivity contribution in [2.24, 2.45) is 0 Å². The van der Waals surface area contributed by atoms with Gasteiger partial charge < -0.3 is 5.32 Å². The lowest BCUT2D eigenvalue weighted by Crippen LogP contribution is -2.14. The Bertz CT molecular complexity index is 670. The van der Waals surface area contributed by atoms with Crippen LogP contribution in [0.25, 0.3) is 0 Å². The van der Waals surface area contributed by atoms with Crippen LogP contribution in [0.3, 0.4) is 0 Å². The zero-order valence-corrected chi connectivity index (χ0v) is 12.7.